The van der Waals surface area contributed by atoms with Crippen molar-refractivity contribution in [3.05, 3.63) is 0 Å². The molecule has 0 unspecified atom stereocenters. The van der Waals surface area contributed by atoms with E-state index in [1.165, 1.54) is 14.2 Å². The number of hydrogen-bond donors (Lipinski definition) is 0. The normalized spacial score (nSPS) is 11.5. The Balaban J connectivity index is 0.000000763. The van der Waals surface area contributed by atoms with Gasteiger partial charge in [0.25, 0.3) is 0 Å². The number of nitrogens with zero attached hydrogens (tertiary/aromatic N) is 4. The van der Waals surface area contributed by atoms with Crippen LogP contribution in [0.2, 0.25) is 0 Å². The Morgan fingerprint density at radius 3 is 1.36 bits per heavy atom. The van der Waals surface area contributed by atoms with Gasteiger partial charge in [-0.15, -0.1) is 15.0 Å². The van der Waals surface area contributed by atoms with Crippen molar-refractivity contribution >= 4 is 13.2 Å². The Kier molecular flexibility index (Phi) is 8.06. The Hall–Kier alpha value is -1.65. The van der Waals surface area contributed by atoms with Gasteiger partial charge in [0.15, 0.2) is 0 Å². The molecule has 0 aliphatic carbocycles. The molecule has 1 aromatic heterocycles. The summed E-state index contributed by atoms with van der Waals surface area (Å²) in [4.78, 5) is 12.7. The highest BCUT2D eigenvalue weighted by molar-refractivity contribution is 6.50. The molecule has 0 bridgehead atoms. The number of rotatable bonds is 6. The van der Waals surface area contributed by atoms with Crippen LogP contribution < -0.4 is 14.0 Å². The van der Waals surface area contributed by atoms with Crippen LogP contribution in [0.25, 0.3) is 0 Å². The van der Waals surface area contributed by atoms with Gasteiger partial charge in [-0.1, -0.05) is 0 Å². The zero-order valence-corrected chi connectivity index (χ0v) is 13.3. The minimum atomic E-state index is -6.00. The summed E-state index contributed by atoms with van der Waals surface area (Å²) < 4.78 is 49.8. The van der Waals surface area contributed by atoms with Crippen molar-refractivity contribution < 1.29 is 26.7 Å². The van der Waals surface area contributed by atoms with Gasteiger partial charge in [-0.05, 0) is 20.8 Å². The second kappa shape index (κ2) is 8.71. The molecule has 1 rings (SSSR count). The van der Waals surface area contributed by atoms with Crippen molar-refractivity contribution in [1.29, 1.82) is 0 Å². The minimum Gasteiger partial charge on any atom is -0.466 e. The molecular weight excluding hydrogens is 307 g/mol. The van der Waals surface area contributed by atoms with Crippen molar-refractivity contribution in [2.24, 2.45) is 0 Å². The lowest BCUT2D eigenvalue weighted by molar-refractivity contribution is 0.278. The molecule has 6 nitrogen and oxygen atoms in total. The van der Waals surface area contributed by atoms with Crippen molar-refractivity contribution in [2.45, 2.75) is 20.8 Å². The van der Waals surface area contributed by atoms with Gasteiger partial charge in [0.05, 0.1) is 33.9 Å². The summed E-state index contributed by atoms with van der Waals surface area (Å²) in [5.74, 6) is 0.696. The first-order valence-electron chi connectivity index (χ1n) is 6.73. The number of aromatic nitrogens is 3. The Bertz CT molecular complexity index is 422. The van der Waals surface area contributed by atoms with Gasteiger partial charge in [0.1, 0.15) is 0 Å². The van der Waals surface area contributed by atoms with E-state index in [-0.39, 0.29) is 0 Å². The van der Waals surface area contributed by atoms with Gasteiger partial charge in [-0.2, -0.15) is 0 Å². The molecule has 0 amide bonds. The third-order valence-electron chi connectivity index (χ3n) is 3.19. The standard InChI is InChI=1S/C11H21N4O2.BF4/c1-6-15(7-2,8-3)9-12-10(16-4)14-11(13-9)17-5;2-1(3,4)5/h6-8H2,1-5H3;/q+1;-1. The predicted molar refractivity (Wildman–Crippen MR) is 76.5 cm³/mol. The third-order valence-corrected chi connectivity index (χ3v) is 3.19. The summed E-state index contributed by atoms with van der Waals surface area (Å²) in [6.45, 7) is 9.12. The van der Waals surface area contributed by atoms with E-state index < -0.39 is 7.25 Å². The van der Waals surface area contributed by atoms with Gasteiger partial charge < -0.3 is 26.7 Å². The van der Waals surface area contributed by atoms with Gasteiger partial charge >= 0.3 is 25.2 Å². The lowest BCUT2D eigenvalue weighted by atomic mass is 10.3. The van der Waals surface area contributed by atoms with E-state index in [1.807, 2.05) is 0 Å². The van der Waals surface area contributed by atoms with E-state index >= 15 is 0 Å². The van der Waals surface area contributed by atoms with E-state index in [0.29, 0.717) is 22.5 Å². The van der Waals surface area contributed by atoms with E-state index in [9.17, 15) is 17.3 Å². The van der Waals surface area contributed by atoms with Crippen LogP contribution in [0.4, 0.5) is 23.2 Å². The fraction of sp³-hybridized carbons (Fsp3) is 0.727. The zero-order valence-electron chi connectivity index (χ0n) is 13.3. The Morgan fingerprint density at radius 2 is 1.14 bits per heavy atom. The lowest BCUT2D eigenvalue weighted by Crippen LogP contribution is -2.50. The van der Waals surface area contributed by atoms with E-state index in [2.05, 4.69) is 35.7 Å². The molecule has 0 aliphatic rings. The SMILES string of the molecule is CC[N+](CC)(CC)c1nc(OC)nc(OC)n1.F[B-](F)(F)F. The van der Waals surface area contributed by atoms with Gasteiger partial charge in [-0.3, -0.25) is 4.48 Å². The maximum atomic E-state index is 9.75. The summed E-state index contributed by atoms with van der Waals surface area (Å²) in [7, 11) is -2.92. The second-order valence-electron chi connectivity index (χ2n) is 4.20. The molecule has 0 saturated carbocycles. The monoisotopic (exact) mass is 328 g/mol. The lowest BCUT2D eigenvalue weighted by Gasteiger charge is -2.32. The van der Waals surface area contributed by atoms with E-state index in [1.54, 1.807) is 0 Å². The quantitative estimate of drug-likeness (QED) is 0.456. The highest BCUT2D eigenvalue weighted by Crippen LogP contribution is 2.22. The number of halogens is 4. The molecule has 0 aromatic carbocycles. The van der Waals surface area contributed by atoms with E-state index in [0.717, 1.165) is 19.6 Å². The van der Waals surface area contributed by atoms with Crippen LogP contribution in [0.5, 0.6) is 12.0 Å². The summed E-state index contributed by atoms with van der Waals surface area (Å²) in [6.07, 6.45) is 0. The molecule has 11 heteroatoms. The van der Waals surface area contributed by atoms with Crippen molar-refractivity contribution in [3.8, 4) is 12.0 Å². The van der Waals surface area contributed by atoms with Crippen molar-refractivity contribution in [3.63, 3.8) is 0 Å². The molecule has 0 radical (unpaired) electrons. The predicted octanol–water partition coefficient (Wildman–Crippen LogP) is 2.56. The van der Waals surface area contributed by atoms with E-state index in [4.69, 9.17) is 9.47 Å². The summed E-state index contributed by atoms with van der Waals surface area (Å²) >= 11 is 0. The molecule has 22 heavy (non-hydrogen) atoms. The van der Waals surface area contributed by atoms with Crippen molar-refractivity contribution in [1.82, 2.24) is 19.4 Å². The van der Waals surface area contributed by atoms with Crippen LogP contribution >= 0.6 is 0 Å². The summed E-state index contributed by atoms with van der Waals surface area (Å²) in [5.41, 5.74) is 0. The molecule has 0 spiro atoms. The molecule has 0 atom stereocenters. The van der Waals surface area contributed by atoms with Crippen LogP contribution in [0.15, 0.2) is 0 Å². The molecular formula is C11H21BF4N4O2. The second-order valence-corrected chi connectivity index (χ2v) is 4.20. The maximum Gasteiger partial charge on any atom is 0.673 e. The topological polar surface area (TPSA) is 57.1 Å². The fourth-order valence-electron chi connectivity index (χ4n) is 1.82. The molecule has 0 aliphatic heterocycles. The van der Waals surface area contributed by atoms with Crippen LogP contribution in [0.3, 0.4) is 0 Å². The first-order valence-corrected chi connectivity index (χ1v) is 6.73. The molecule has 0 N–H and O–H groups in total. The maximum absolute atomic E-state index is 9.75. The average molecular weight is 328 g/mol. The largest absolute Gasteiger partial charge is 0.673 e. The highest BCUT2D eigenvalue weighted by Gasteiger charge is 2.30. The van der Waals surface area contributed by atoms with Gasteiger partial charge in [-0.25, -0.2) is 0 Å². The number of quaternary nitrogens is 1. The smallest absolute Gasteiger partial charge is 0.466 e. The number of methoxy groups -OCH3 is 2. The number of hydrogen-bond acceptors (Lipinski definition) is 5. The fourth-order valence-corrected chi connectivity index (χ4v) is 1.82. The van der Waals surface area contributed by atoms with Crippen LogP contribution in [-0.4, -0.2) is 56.1 Å². The van der Waals surface area contributed by atoms with Crippen LogP contribution in [0, 0.1) is 0 Å². The first-order chi connectivity index (χ1) is 10.2. The average Bonchev–Trinajstić information content (AvgIpc) is 2.47. The third kappa shape index (κ3) is 6.42. The van der Waals surface area contributed by atoms with Gasteiger partial charge in [0.2, 0.25) is 0 Å². The number of ether oxygens (including phenoxy) is 2. The minimum absolute atomic E-state index is 0.296. The molecule has 1 aromatic rings. The first kappa shape index (κ1) is 20.4. The molecule has 128 valence electrons. The Labute approximate surface area is 127 Å². The summed E-state index contributed by atoms with van der Waals surface area (Å²) in [6, 6.07) is 0.592. The van der Waals surface area contributed by atoms with Crippen LogP contribution in [-0.2, 0) is 0 Å². The highest BCUT2D eigenvalue weighted by atomic mass is 19.5. The Morgan fingerprint density at radius 1 is 0.818 bits per heavy atom. The van der Waals surface area contributed by atoms with Crippen LogP contribution in [0.1, 0.15) is 20.8 Å². The molecule has 0 saturated heterocycles. The molecule has 1 heterocycles. The summed E-state index contributed by atoms with van der Waals surface area (Å²) in [5, 5.41) is 0. The zero-order chi connectivity index (χ0) is 17.4. The van der Waals surface area contributed by atoms with Gasteiger partial charge in [0, 0.05) is 0 Å². The van der Waals surface area contributed by atoms with Crippen molar-refractivity contribution in [2.75, 3.05) is 33.9 Å². The molecule has 0 fully saturated rings.